The van der Waals surface area contributed by atoms with Gasteiger partial charge in [0.1, 0.15) is 17.3 Å². The van der Waals surface area contributed by atoms with Crippen molar-refractivity contribution in [2.75, 3.05) is 5.32 Å². The van der Waals surface area contributed by atoms with Gasteiger partial charge in [-0.25, -0.2) is 9.37 Å². The fraction of sp³-hybridized carbons (Fsp3) is 0.0870. The first-order valence-electron chi connectivity index (χ1n) is 9.21. The van der Waals surface area contributed by atoms with Crippen molar-refractivity contribution in [1.29, 1.82) is 0 Å². The van der Waals surface area contributed by atoms with E-state index in [1.165, 1.54) is 23.5 Å². The van der Waals surface area contributed by atoms with E-state index in [4.69, 9.17) is 4.74 Å². The van der Waals surface area contributed by atoms with E-state index in [-0.39, 0.29) is 11.7 Å². The third-order valence-electron chi connectivity index (χ3n) is 4.48. The lowest BCUT2D eigenvalue weighted by Crippen LogP contribution is -2.11. The lowest BCUT2D eigenvalue weighted by atomic mass is 10.0. The molecule has 0 aliphatic rings. The van der Waals surface area contributed by atoms with Crippen molar-refractivity contribution in [2.45, 2.75) is 13.8 Å². The molecule has 1 amide bonds. The van der Waals surface area contributed by atoms with E-state index < -0.39 is 0 Å². The number of thiazole rings is 1. The molecule has 2 aromatic carbocycles. The first-order valence-corrected chi connectivity index (χ1v) is 10.1. The van der Waals surface area contributed by atoms with Crippen molar-refractivity contribution in [2.24, 2.45) is 0 Å². The SMILES string of the molecule is Cc1cc(Oc2ccc(F)cc2)cc(C)c1-c1csc(NC(=O)c2ccncc2)n1. The maximum absolute atomic E-state index is 13.1. The second-order valence-corrected chi connectivity index (χ2v) is 7.57. The molecule has 30 heavy (non-hydrogen) atoms. The monoisotopic (exact) mass is 419 g/mol. The number of pyridine rings is 1. The van der Waals surface area contributed by atoms with Crippen LogP contribution in [-0.2, 0) is 0 Å². The van der Waals surface area contributed by atoms with Crippen LogP contribution in [-0.4, -0.2) is 15.9 Å². The van der Waals surface area contributed by atoms with Gasteiger partial charge in [0.05, 0.1) is 5.69 Å². The van der Waals surface area contributed by atoms with Gasteiger partial charge in [-0.1, -0.05) is 0 Å². The minimum atomic E-state index is -0.305. The van der Waals surface area contributed by atoms with Crippen LogP contribution in [0.5, 0.6) is 11.5 Å². The molecule has 1 N–H and O–H groups in total. The first kappa shape index (κ1) is 19.7. The average molecular weight is 419 g/mol. The van der Waals surface area contributed by atoms with E-state index >= 15 is 0 Å². The molecule has 0 atom stereocenters. The highest BCUT2D eigenvalue weighted by molar-refractivity contribution is 7.14. The molecule has 4 rings (SSSR count). The van der Waals surface area contributed by atoms with Crippen LogP contribution in [0.15, 0.2) is 66.3 Å². The quantitative estimate of drug-likeness (QED) is 0.431. The summed E-state index contributed by atoms with van der Waals surface area (Å²) in [4.78, 5) is 20.8. The smallest absolute Gasteiger partial charge is 0.257 e. The predicted octanol–water partition coefficient (Wildman–Crippen LogP) is 6.01. The van der Waals surface area contributed by atoms with Gasteiger partial charge in [-0.2, -0.15) is 0 Å². The Bertz CT molecular complexity index is 1170. The number of aromatic nitrogens is 2. The van der Waals surface area contributed by atoms with Crippen molar-refractivity contribution < 1.29 is 13.9 Å². The number of ether oxygens (including phenoxy) is 1. The highest BCUT2D eigenvalue weighted by Gasteiger charge is 2.14. The first-order chi connectivity index (χ1) is 14.5. The molecule has 150 valence electrons. The Morgan fingerprint density at radius 2 is 1.67 bits per heavy atom. The van der Waals surface area contributed by atoms with Gasteiger partial charge in [0.15, 0.2) is 5.13 Å². The van der Waals surface area contributed by atoms with Gasteiger partial charge in [-0.15, -0.1) is 11.3 Å². The number of nitrogens with one attached hydrogen (secondary N) is 1. The molecule has 0 aliphatic heterocycles. The van der Waals surface area contributed by atoms with Crippen LogP contribution < -0.4 is 10.1 Å². The zero-order valence-corrected chi connectivity index (χ0v) is 17.2. The molecule has 0 saturated heterocycles. The zero-order chi connectivity index (χ0) is 21.1. The number of halogens is 1. The molecule has 0 bridgehead atoms. The summed E-state index contributed by atoms with van der Waals surface area (Å²) in [5, 5.41) is 5.26. The topological polar surface area (TPSA) is 64.1 Å². The maximum Gasteiger partial charge on any atom is 0.257 e. The van der Waals surface area contributed by atoms with Gasteiger partial charge in [0, 0.05) is 28.9 Å². The molecule has 5 nitrogen and oxygen atoms in total. The minimum absolute atomic E-state index is 0.227. The summed E-state index contributed by atoms with van der Waals surface area (Å²) < 4.78 is 18.9. The number of hydrogen-bond donors (Lipinski definition) is 1. The lowest BCUT2D eigenvalue weighted by molar-refractivity contribution is 0.102. The summed E-state index contributed by atoms with van der Waals surface area (Å²) in [5.74, 6) is 0.703. The third kappa shape index (κ3) is 4.36. The van der Waals surface area contributed by atoms with Crippen LogP contribution in [0.4, 0.5) is 9.52 Å². The number of benzene rings is 2. The maximum atomic E-state index is 13.1. The average Bonchev–Trinajstić information content (AvgIpc) is 3.18. The summed E-state index contributed by atoms with van der Waals surface area (Å²) in [6.07, 6.45) is 3.15. The standard InChI is InChI=1S/C23H18FN3O2S/c1-14-11-19(29-18-5-3-17(24)4-6-18)12-15(2)21(14)20-13-30-23(26-20)27-22(28)16-7-9-25-10-8-16/h3-13H,1-2H3,(H,26,27,28). The Morgan fingerprint density at radius 3 is 2.33 bits per heavy atom. The van der Waals surface area contributed by atoms with Crippen LogP contribution in [0, 0.1) is 19.7 Å². The van der Waals surface area contributed by atoms with Crippen LogP contribution >= 0.6 is 11.3 Å². The lowest BCUT2D eigenvalue weighted by Gasteiger charge is -2.12. The van der Waals surface area contributed by atoms with Crippen molar-refractivity contribution >= 4 is 22.4 Å². The second kappa shape index (κ2) is 8.42. The van der Waals surface area contributed by atoms with Gasteiger partial charge in [0.2, 0.25) is 0 Å². The van der Waals surface area contributed by atoms with Crippen molar-refractivity contribution in [1.82, 2.24) is 9.97 Å². The van der Waals surface area contributed by atoms with Gasteiger partial charge in [0.25, 0.3) is 5.91 Å². The summed E-state index contributed by atoms with van der Waals surface area (Å²) >= 11 is 1.37. The largest absolute Gasteiger partial charge is 0.457 e. The number of anilines is 1. The summed E-state index contributed by atoms with van der Waals surface area (Å²) in [6, 6.07) is 13.0. The van der Waals surface area contributed by atoms with Crippen LogP contribution in [0.1, 0.15) is 21.5 Å². The summed E-state index contributed by atoms with van der Waals surface area (Å²) in [6.45, 7) is 3.96. The van der Waals surface area contributed by atoms with Crippen molar-refractivity contribution in [3.63, 3.8) is 0 Å². The molecule has 4 aromatic rings. The van der Waals surface area contributed by atoms with E-state index in [2.05, 4.69) is 15.3 Å². The molecular formula is C23H18FN3O2S. The second-order valence-electron chi connectivity index (χ2n) is 6.72. The van der Waals surface area contributed by atoms with Gasteiger partial charge in [-0.3, -0.25) is 15.1 Å². The Morgan fingerprint density at radius 1 is 1.00 bits per heavy atom. The number of amides is 1. The van der Waals surface area contributed by atoms with Crippen LogP contribution in [0.2, 0.25) is 0 Å². The van der Waals surface area contributed by atoms with Crippen LogP contribution in [0.25, 0.3) is 11.3 Å². The number of hydrogen-bond acceptors (Lipinski definition) is 5. The molecule has 2 heterocycles. The highest BCUT2D eigenvalue weighted by Crippen LogP contribution is 2.34. The molecule has 7 heteroatoms. The van der Waals surface area contributed by atoms with E-state index in [0.717, 1.165) is 22.4 Å². The molecule has 0 radical (unpaired) electrons. The summed E-state index contributed by atoms with van der Waals surface area (Å²) in [7, 11) is 0. The third-order valence-corrected chi connectivity index (χ3v) is 5.24. The Kier molecular flexibility index (Phi) is 5.54. The van der Waals surface area contributed by atoms with Crippen molar-refractivity contribution in [3.8, 4) is 22.8 Å². The predicted molar refractivity (Wildman–Crippen MR) is 116 cm³/mol. The van der Waals surface area contributed by atoms with E-state index in [9.17, 15) is 9.18 Å². The van der Waals surface area contributed by atoms with Crippen molar-refractivity contribution in [3.05, 3.63) is 88.8 Å². The Hall–Kier alpha value is -3.58. The number of rotatable bonds is 5. The number of aryl methyl sites for hydroxylation is 2. The van der Waals surface area contributed by atoms with E-state index in [1.54, 1.807) is 36.7 Å². The zero-order valence-electron chi connectivity index (χ0n) is 16.3. The van der Waals surface area contributed by atoms with Gasteiger partial charge >= 0.3 is 0 Å². The fourth-order valence-corrected chi connectivity index (χ4v) is 3.84. The highest BCUT2D eigenvalue weighted by atomic mass is 32.1. The van der Waals surface area contributed by atoms with E-state index in [1.807, 2.05) is 31.4 Å². The molecule has 0 saturated carbocycles. The van der Waals surface area contributed by atoms with E-state index in [0.29, 0.717) is 22.2 Å². The van der Waals surface area contributed by atoms with Gasteiger partial charge in [-0.05, 0) is 73.5 Å². The van der Waals surface area contributed by atoms with Crippen LogP contribution in [0.3, 0.4) is 0 Å². The van der Waals surface area contributed by atoms with Gasteiger partial charge < -0.3 is 4.74 Å². The normalized spacial score (nSPS) is 10.6. The Labute approximate surface area is 177 Å². The number of nitrogens with zero attached hydrogens (tertiary/aromatic N) is 2. The summed E-state index contributed by atoms with van der Waals surface area (Å²) in [5.41, 5.74) is 4.28. The fourth-order valence-electron chi connectivity index (χ4n) is 3.14. The molecule has 0 unspecified atom stereocenters. The Balaban J connectivity index is 1.54. The molecule has 0 spiro atoms. The molecule has 0 fully saturated rings. The number of carbonyl (C=O) groups excluding carboxylic acids is 1. The number of carbonyl (C=O) groups is 1. The minimum Gasteiger partial charge on any atom is -0.457 e. The molecule has 0 aliphatic carbocycles. The molecular weight excluding hydrogens is 401 g/mol. The molecule has 2 aromatic heterocycles.